The number of aromatic amines is 1. The molecule has 3 aromatic rings. The molecule has 0 aliphatic heterocycles. The Labute approximate surface area is 224 Å². The largest absolute Gasteiger partial charge is 0.494 e. The molecule has 7 nitrogen and oxygen atoms in total. The summed E-state index contributed by atoms with van der Waals surface area (Å²) in [5, 5.41) is 5.10. The highest BCUT2D eigenvalue weighted by molar-refractivity contribution is 7.80. The predicted molar refractivity (Wildman–Crippen MR) is 152 cm³/mol. The summed E-state index contributed by atoms with van der Waals surface area (Å²) in [7, 11) is 3.28. The van der Waals surface area contributed by atoms with E-state index in [4.69, 9.17) is 26.4 Å². The highest BCUT2D eigenvalue weighted by atomic mass is 32.1. The summed E-state index contributed by atoms with van der Waals surface area (Å²) in [6.07, 6.45) is 6.56. The molecule has 0 bridgehead atoms. The molecule has 1 aliphatic rings. The fourth-order valence-corrected chi connectivity index (χ4v) is 5.31. The quantitative estimate of drug-likeness (QED) is 0.354. The van der Waals surface area contributed by atoms with Crippen LogP contribution in [0.1, 0.15) is 50.2 Å². The van der Waals surface area contributed by atoms with E-state index < -0.39 is 0 Å². The molecule has 2 aromatic carbocycles. The molecule has 37 heavy (non-hydrogen) atoms. The number of methoxy groups -OCH3 is 2. The van der Waals surface area contributed by atoms with Crippen molar-refractivity contribution in [1.82, 2.24) is 15.2 Å². The zero-order valence-corrected chi connectivity index (χ0v) is 22.8. The number of pyridine rings is 1. The van der Waals surface area contributed by atoms with Gasteiger partial charge in [0.2, 0.25) is 0 Å². The summed E-state index contributed by atoms with van der Waals surface area (Å²) in [5.74, 6) is 2.23. The number of hydrogen-bond acceptors (Lipinski definition) is 5. The van der Waals surface area contributed by atoms with E-state index in [0.29, 0.717) is 42.2 Å². The van der Waals surface area contributed by atoms with Crippen LogP contribution in [-0.2, 0) is 13.0 Å². The third-order valence-electron chi connectivity index (χ3n) is 6.96. The second-order valence-corrected chi connectivity index (χ2v) is 9.78. The second-order valence-electron chi connectivity index (χ2n) is 9.40. The van der Waals surface area contributed by atoms with Crippen LogP contribution in [0.5, 0.6) is 17.2 Å². The number of ether oxygens (including phenoxy) is 3. The van der Waals surface area contributed by atoms with Gasteiger partial charge < -0.3 is 29.4 Å². The lowest BCUT2D eigenvalue weighted by molar-refractivity contribution is 0.234. The summed E-state index contributed by atoms with van der Waals surface area (Å²) < 4.78 is 16.4. The minimum Gasteiger partial charge on any atom is -0.494 e. The van der Waals surface area contributed by atoms with Crippen molar-refractivity contribution in [2.24, 2.45) is 0 Å². The Balaban J connectivity index is 1.50. The van der Waals surface area contributed by atoms with Crippen molar-refractivity contribution < 1.29 is 14.2 Å². The van der Waals surface area contributed by atoms with Crippen LogP contribution in [0.4, 0.5) is 0 Å². The van der Waals surface area contributed by atoms with Crippen molar-refractivity contribution in [3.8, 4) is 17.2 Å². The fraction of sp³-hybridized carbons (Fsp3) is 0.448. The molecule has 0 atom stereocenters. The molecule has 1 saturated carbocycles. The number of nitrogens with zero attached hydrogens (tertiary/aromatic N) is 1. The Hall–Kier alpha value is -3.26. The van der Waals surface area contributed by atoms with Crippen molar-refractivity contribution >= 4 is 28.2 Å². The number of fused-ring (bicyclic) bond motifs is 1. The van der Waals surface area contributed by atoms with E-state index in [1.54, 1.807) is 14.2 Å². The van der Waals surface area contributed by atoms with Crippen LogP contribution in [0.3, 0.4) is 0 Å². The lowest BCUT2D eigenvalue weighted by Gasteiger charge is -2.36. The number of H-pyrrole nitrogens is 1. The minimum atomic E-state index is -0.0782. The molecule has 0 amide bonds. The SMILES string of the molecule is CCOc1ccc2[nH]c(=O)c(CN(C(=S)NCCc3ccc(OC)c(OC)c3)C3CCCCC3)cc2c1. The minimum absolute atomic E-state index is 0.0782. The Morgan fingerprint density at radius 3 is 2.57 bits per heavy atom. The molecule has 0 radical (unpaired) electrons. The third kappa shape index (κ3) is 6.74. The van der Waals surface area contributed by atoms with Crippen LogP contribution in [-0.4, -0.2) is 48.4 Å². The van der Waals surface area contributed by atoms with E-state index >= 15 is 0 Å². The first kappa shape index (κ1) is 26.8. The highest BCUT2D eigenvalue weighted by Crippen LogP contribution is 2.28. The van der Waals surface area contributed by atoms with Crippen molar-refractivity contribution in [1.29, 1.82) is 0 Å². The van der Waals surface area contributed by atoms with Gasteiger partial charge in [-0.1, -0.05) is 25.3 Å². The van der Waals surface area contributed by atoms with Gasteiger partial charge in [-0.2, -0.15) is 0 Å². The van der Waals surface area contributed by atoms with Gasteiger partial charge in [0, 0.05) is 29.1 Å². The summed E-state index contributed by atoms with van der Waals surface area (Å²) in [6.45, 7) is 3.71. The molecule has 1 aromatic heterocycles. The molecular formula is C29H37N3O4S. The van der Waals surface area contributed by atoms with Gasteiger partial charge in [0.1, 0.15) is 5.75 Å². The van der Waals surface area contributed by atoms with Gasteiger partial charge in [0.05, 0.1) is 27.4 Å². The van der Waals surface area contributed by atoms with Gasteiger partial charge in [-0.3, -0.25) is 4.79 Å². The monoisotopic (exact) mass is 523 g/mol. The molecule has 0 spiro atoms. The van der Waals surface area contributed by atoms with E-state index in [2.05, 4.69) is 15.2 Å². The Kier molecular flexibility index (Phi) is 9.28. The lowest BCUT2D eigenvalue weighted by atomic mass is 9.94. The maximum Gasteiger partial charge on any atom is 0.253 e. The van der Waals surface area contributed by atoms with Crippen molar-refractivity contribution in [2.75, 3.05) is 27.4 Å². The fourth-order valence-electron chi connectivity index (χ4n) is 5.00. The van der Waals surface area contributed by atoms with Crippen LogP contribution in [0.2, 0.25) is 0 Å². The summed E-state index contributed by atoms with van der Waals surface area (Å²) in [5.41, 5.74) is 2.56. The molecule has 4 rings (SSSR count). The smallest absolute Gasteiger partial charge is 0.253 e. The zero-order valence-electron chi connectivity index (χ0n) is 22.0. The van der Waals surface area contributed by atoms with Gasteiger partial charge >= 0.3 is 0 Å². The zero-order chi connectivity index (χ0) is 26.2. The van der Waals surface area contributed by atoms with E-state index in [1.807, 2.05) is 49.4 Å². The average molecular weight is 524 g/mol. The molecule has 2 N–H and O–H groups in total. The van der Waals surface area contributed by atoms with Crippen molar-refractivity contribution in [3.05, 3.63) is 63.9 Å². The third-order valence-corrected chi connectivity index (χ3v) is 7.34. The maximum atomic E-state index is 13.0. The van der Waals surface area contributed by atoms with Gasteiger partial charge in [0.25, 0.3) is 5.56 Å². The summed E-state index contributed by atoms with van der Waals surface area (Å²) in [4.78, 5) is 18.2. The van der Waals surface area contributed by atoms with Crippen LogP contribution in [0.25, 0.3) is 10.9 Å². The summed E-state index contributed by atoms with van der Waals surface area (Å²) >= 11 is 5.89. The lowest BCUT2D eigenvalue weighted by Crippen LogP contribution is -2.47. The van der Waals surface area contributed by atoms with Gasteiger partial charge in [-0.05, 0) is 80.4 Å². The first-order chi connectivity index (χ1) is 18.0. The van der Waals surface area contributed by atoms with Crippen molar-refractivity contribution in [3.63, 3.8) is 0 Å². The Bertz CT molecular complexity index is 1270. The normalized spacial score (nSPS) is 13.8. The average Bonchev–Trinajstić information content (AvgIpc) is 2.92. The second kappa shape index (κ2) is 12.8. The molecule has 0 unspecified atom stereocenters. The molecule has 8 heteroatoms. The molecular weight excluding hydrogens is 486 g/mol. The number of thiocarbonyl (C=S) groups is 1. The van der Waals surface area contributed by atoms with Gasteiger partial charge in [-0.15, -0.1) is 0 Å². The first-order valence-electron chi connectivity index (χ1n) is 13.1. The molecule has 1 fully saturated rings. The Morgan fingerprint density at radius 1 is 1.05 bits per heavy atom. The van der Waals surface area contributed by atoms with Crippen molar-refractivity contribution in [2.45, 2.75) is 58.0 Å². The molecule has 1 heterocycles. The van der Waals surface area contributed by atoms with Crippen LogP contribution >= 0.6 is 12.2 Å². The number of hydrogen-bond donors (Lipinski definition) is 2. The number of nitrogens with one attached hydrogen (secondary N) is 2. The summed E-state index contributed by atoms with van der Waals surface area (Å²) in [6, 6.07) is 14.0. The molecule has 0 saturated heterocycles. The van der Waals surface area contributed by atoms with Crippen LogP contribution < -0.4 is 25.1 Å². The highest BCUT2D eigenvalue weighted by Gasteiger charge is 2.24. The number of benzene rings is 2. The molecule has 1 aliphatic carbocycles. The standard InChI is InChI=1S/C29H37N3O4S/c1-4-36-24-11-12-25-21(18-24)17-22(28(33)31-25)19-32(23-8-6-5-7-9-23)29(37)30-15-14-20-10-13-26(34-2)27(16-20)35-3/h10-13,16-18,23H,4-9,14-15,19H2,1-3H3,(H,30,37)(H,31,33). The van der Waals surface area contributed by atoms with Gasteiger partial charge in [-0.25, -0.2) is 0 Å². The maximum absolute atomic E-state index is 13.0. The first-order valence-corrected chi connectivity index (χ1v) is 13.5. The van der Waals surface area contributed by atoms with E-state index in [1.165, 1.54) is 19.3 Å². The van der Waals surface area contributed by atoms with E-state index in [0.717, 1.165) is 47.2 Å². The number of rotatable bonds is 10. The molecule has 198 valence electrons. The Morgan fingerprint density at radius 2 is 1.84 bits per heavy atom. The predicted octanol–water partition coefficient (Wildman–Crippen LogP) is 5.20. The van der Waals surface area contributed by atoms with Gasteiger partial charge in [0.15, 0.2) is 16.6 Å². The topological polar surface area (TPSA) is 75.8 Å². The van der Waals surface area contributed by atoms with E-state index in [-0.39, 0.29) is 5.56 Å². The number of aromatic nitrogens is 1. The van der Waals surface area contributed by atoms with E-state index in [9.17, 15) is 4.79 Å². The van der Waals surface area contributed by atoms with Crippen LogP contribution in [0.15, 0.2) is 47.3 Å². The van der Waals surface area contributed by atoms with Crippen LogP contribution in [0, 0.1) is 0 Å².